The van der Waals surface area contributed by atoms with Gasteiger partial charge in [-0.1, -0.05) is 35.5 Å². The second-order valence-electron chi connectivity index (χ2n) is 5.71. The highest BCUT2D eigenvalue weighted by Gasteiger charge is 2.21. The first-order chi connectivity index (χ1) is 9.45. The molecular weight excluding hydrogens is 288 g/mol. The molecule has 0 bridgehead atoms. The summed E-state index contributed by atoms with van der Waals surface area (Å²) in [4.78, 5) is 6.49. The van der Waals surface area contributed by atoms with Gasteiger partial charge in [0.05, 0.1) is 12.1 Å². The van der Waals surface area contributed by atoms with E-state index in [1.54, 1.807) is 0 Å². The van der Waals surface area contributed by atoms with Crippen molar-refractivity contribution in [2.75, 3.05) is 13.6 Å². The molecule has 0 spiro atoms. The average molecular weight is 311 g/mol. The van der Waals surface area contributed by atoms with Gasteiger partial charge in [-0.2, -0.15) is 4.98 Å². The van der Waals surface area contributed by atoms with E-state index in [-0.39, 0.29) is 12.4 Å². The zero-order chi connectivity index (χ0) is 14.6. The highest BCUT2D eigenvalue weighted by molar-refractivity contribution is 5.85. The molecular formula is C15H23ClN4O. The molecule has 2 aromatic rings. The van der Waals surface area contributed by atoms with Gasteiger partial charge in [0.2, 0.25) is 5.89 Å². The molecule has 0 saturated carbocycles. The third-order valence-corrected chi connectivity index (χ3v) is 3.07. The third-order valence-electron chi connectivity index (χ3n) is 3.07. The van der Waals surface area contributed by atoms with E-state index in [2.05, 4.69) is 39.3 Å². The lowest BCUT2D eigenvalue weighted by Gasteiger charge is -2.14. The number of nitrogens with two attached hydrogens (primary N) is 1. The summed E-state index contributed by atoms with van der Waals surface area (Å²) in [6.45, 7) is 5.30. The fourth-order valence-corrected chi connectivity index (χ4v) is 1.86. The molecule has 1 aromatic heterocycles. The number of halogens is 1. The lowest BCUT2D eigenvalue weighted by Crippen LogP contribution is -2.30. The van der Waals surface area contributed by atoms with E-state index in [9.17, 15) is 0 Å². The first kappa shape index (κ1) is 17.6. The summed E-state index contributed by atoms with van der Waals surface area (Å²) in [5.74, 6) is 1.15. The highest BCUT2D eigenvalue weighted by atomic mass is 35.5. The quantitative estimate of drug-likeness (QED) is 0.887. The maximum Gasteiger partial charge on any atom is 0.240 e. The lowest BCUT2D eigenvalue weighted by molar-refractivity contribution is 0.267. The molecule has 116 valence electrons. The molecule has 21 heavy (non-hydrogen) atoms. The van der Waals surface area contributed by atoms with Gasteiger partial charge in [-0.15, -0.1) is 12.4 Å². The molecule has 0 aliphatic heterocycles. The lowest BCUT2D eigenvalue weighted by atomic mass is 10.1. The van der Waals surface area contributed by atoms with Crippen molar-refractivity contribution in [1.29, 1.82) is 0 Å². The van der Waals surface area contributed by atoms with Gasteiger partial charge in [-0.3, -0.25) is 4.90 Å². The standard InChI is InChI=1S/C15H22N4O.ClH/c1-15(2,16)14-17-13(20-18-14)11-19(3)10-9-12-7-5-4-6-8-12;/h4-8H,9-11,16H2,1-3H3;1H. The van der Waals surface area contributed by atoms with Gasteiger partial charge in [0.25, 0.3) is 0 Å². The summed E-state index contributed by atoms with van der Waals surface area (Å²) in [6.07, 6.45) is 1.00. The van der Waals surface area contributed by atoms with Gasteiger partial charge < -0.3 is 10.3 Å². The van der Waals surface area contributed by atoms with Crippen LogP contribution in [0.5, 0.6) is 0 Å². The van der Waals surface area contributed by atoms with Gasteiger partial charge in [0, 0.05) is 6.54 Å². The van der Waals surface area contributed by atoms with Crippen molar-refractivity contribution in [1.82, 2.24) is 15.0 Å². The number of hydrogen-bond donors (Lipinski definition) is 1. The van der Waals surface area contributed by atoms with Crippen molar-refractivity contribution in [3.8, 4) is 0 Å². The van der Waals surface area contributed by atoms with E-state index in [0.717, 1.165) is 13.0 Å². The van der Waals surface area contributed by atoms with Crippen molar-refractivity contribution in [2.24, 2.45) is 5.73 Å². The topological polar surface area (TPSA) is 68.2 Å². The Morgan fingerprint density at radius 2 is 1.90 bits per heavy atom. The molecule has 6 heteroatoms. The fourth-order valence-electron chi connectivity index (χ4n) is 1.86. The fraction of sp³-hybridized carbons (Fsp3) is 0.467. The van der Waals surface area contributed by atoms with Crippen molar-refractivity contribution in [3.05, 3.63) is 47.6 Å². The first-order valence-electron chi connectivity index (χ1n) is 6.79. The predicted octanol–water partition coefficient (Wildman–Crippen LogP) is 2.36. The predicted molar refractivity (Wildman–Crippen MR) is 85.2 cm³/mol. The Bertz CT molecular complexity index is 536. The summed E-state index contributed by atoms with van der Waals surface area (Å²) < 4.78 is 5.23. The largest absolute Gasteiger partial charge is 0.338 e. The zero-order valence-electron chi connectivity index (χ0n) is 12.7. The van der Waals surface area contributed by atoms with Crippen LogP contribution in [0.2, 0.25) is 0 Å². The summed E-state index contributed by atoms with van der Waals surface area (Å²) in [7, 11) is 2.04. The van der Waals surface area contributed by atoms with E-state index in [1.165, 1.54) is 5.56 Å². The third kappa shape index (κ3) is 5.46. The number of aromatic nitrogens is 2. The molecule has 2 N–H and O–H groups in total. The maximum absolute atomic E-state index is 5.94. The molecule has 0 radical (unpaired) electrons. The van der Waals surface area contributed by atoms with Crippen LogP contribution in [-0.2, 0) is 18.5 Å². The molecule has 5 nitrogen and oxygen atoms in total. The number of benzene rings is 1. The number of likely N-dealkylation sites (N-methyl/N-ethyl adjacent to an activating group) is 1. The van der Waals surface area contributed by atoms with E-state index in [4.69, 9.17) is 10.3 Å². The van der Waals surface area contributed by atoms with Crippen LogP contribution in [0.4, 0.5) is 0 Å². The summed E-state index contributed by atoms with van der Waals surface area (Å²) in [5, 5.41) is 3.92. The van der Waals surface area contributed by atoms with Crippen LogP contribution in [0, 0.1) is 0 Å². The SMILES string of the molecule is CN(CCc1ccccc1)Cc1nc(C(C)(C)N)no1.Cl. The van der Waals surface area contributed by atoms with E-state index >= 15 is 0 Å². The van der Waals surface area contributed by atoms with Crippen LogP contribution in [-0.4, -0.2) is 28.6 Å². The molecule has 1 heterocycles. The molecule has 0 amide bonds. The molecule has 0 aliphatic rings. The number of nitrogens with zero attached hydrogens (tertiary/aromatic N) is 3. The number of hydrogen-bond acceptors (Lipinski definition) is 5. The van der Waals surface area contributed by atoms with E-state index in [1.807, 2.05) is 27.0 Å². The van der Waals surface area contributed by atoms with Gasteiger partial charge in [0.1, 0.15) is 0 Å². The molecule has 2 rings (SSSR count). The normalized spacial score (nSPS) is 11.5. The molecule has 1 aromatic carbocycles. The first-order valence-corrected chi connectivity index (χ1v) is 6.79. The molecule has 0 atom stereocenters. The van der Waals surface area contributed by atoms with Gasteiger partial charge >= 0.3 is 0 Å². The van der Waals surface area contributed by atoms with Crippen molar-refractivity contribution >= 4 is 12.4 Å². The Morgan fingerprint density at radius 3 is 2.48 bits per heavy atom. The van der Waals surface area contributed by atoms with Gasteiger partial charge in [0.15, 0.2) is 5.82 Å². The van der Waals surface area contributed by atoms with Gasteiger partial charge in [-0.25, -0.2) is 0 Å². The Balaban J connectivity index is 0.00000220. The number of rotatable bonds is 6. The van der Waals surface area contributed by atoms with Crippen LogP contribution in [0.15, 0.2) is 34.9 Å². The smallest absolute Gasteiger partial charge is 0.240 e. The molecule has 0 fully saturated rings. The van der Waals surface area contributed by atoms with Crippen LogP contribution in [0.3, 0.4) is 0 Å². The molecule has 0 unspecified atom stereocenters. The van der Waals surface area contributed by atoms with E-state index in [0.29, 0.717) is 18.3 Å². The van der Waals surface area contributed by atoms with Crippen LogP contribution in [0.25, 0.3) is 0 Å². The second kappa shape index (κ2) is 7.54. The van der Waals surface area contributed by atoms with Crippen LogP contribution in [0.1, 0.15) is 31.1 Å². The van der Waals surface area contributed by atoms with Gasteiger partial charge in [-0.05, 0) is 32.9 Å². The molecule has 0 aliphatic carbocycles. The Labute approximate surface area is 131 Å². The van der Waals surface area contributed by atoms with Crippen molar-refractivity contribution < 1.29 is 4.52 Å². The minimum Gasteiger partial charge on any atom is -0.338 e. The summed E-state index contributed by atoms with van der Waals surface area (Å²) in [5.41, 5.74) is 6.70. The average Bonchev–Trinajstić information content (AvgIpc) is 2.86. The van der Waals surface area contributed by atoms with Crippen LogP contribution >= 0.6 is 12.4 Å². The van der Waals surface area contributed by atoms with E-state index < -0.39 is 5.54 Å². The minimum atomic E-state index is -0.565. The van der Waals surface area contributed by atoms with Crippen molar-refractivity contribution in [2.45, 2.75) is 32.4 Å². The highest BCUT2D eigenvalue weighted by Crippen LogP contribution is 2.13. The summed E-state index contributed by atoms with van der Waals surface area (Å²) >= 11 is 0. The Morgan fingerprint density at radius 1 is 1.24 bits per heavy atom. The van der Waals surface area contributed by atoms with Crippen molar-refractivity contribution in [3.63, 3.8) is 0 Å². The van der Waals surface area contributed by atoms with Crippen LogP contribution < -0.4 is 5.73 Å². The zero-order valence-corrected chi connectivity index (χ0v) is 13.6. The second-order valence-corrected chi connectivity index (χ2v) is 5.71. The Hall–Kier alpha value is -1.43. The monoisotopic (exact) mass is 310 g/mol. The minimum absolute atomic E-state index is 0. The maximum atomic E-state index is 5.94. The molecule has 0 saturated heterocycles. The summed E-state index contributed by atoms with van der Waals surface area (Å²) in [6, 6.07) is 10.4. The Kier molecular flexibility index (Phi) is 6.33.